The van der Waals surface area contributed by atoms with Crippen molar-refractivity contribution in [3.63, 3.8) is 0 Å². The number of thiazole rings is 1. The van der Waals surface area contributed by atoms with E-state index in [9.17, 15) is 4.79 Å². The van der Waals surface area contributed by atoms with Crippen LogP contribution in [-0.2, 0) is 0 Å². The minimum absolute atomic E-state index is 0.152. The van der Waals surface area contributed by atoms with Gasteiger partial charge in [-0.3, -0.25) is 10.1 Å². The summed E-state index contributed by atoms with van der Waals surface area (Å²) in [6, 6.07) is 26.2. The number of carbonyl (C=O) groups is 1. The molecule has 4 rings (SSSR count). The van der Waals surface area contributed by atoms with Gasteiger partial charge in [0.25, 0.3) is 5.91 Å². The van der Waals surface area contributed by atoms with Crippen LogP contribution in [0.2, 0.25) is 0 Å². The van der Waals surface area contributed by atoms with Crippen LogP contribution in [0.4, 0.5) is 5.13 Å². The molecule has 3 nitrogen and oxygen atoms in total. The van der Waals surface area contributed by atoms with Gasteiger partial charge in [-0.25, -0.2) is 4.98 Å². The molecule has 0 radical (unpaired) electrons. The van der Waals surface area contributed by atoms with E-state index in [-0.39, 0.29) is 5.91 Å². The van der Waals surface area contributed by atoms with Gasteiger partial charge in [0.1, 0.15) is 0 Å². The van der Waals surface area contributed by atoms with Crippen LogP contribution >= 0.6 is 11.3 Å². The predicted molar refractivity (Wildman–Crippen MR) is 121 cm³/mol. The molecule has 144 valence electrons. The molecule has 0 aliphatic carbocycles. The van der Waals surface area contributed by atoms with E-state index < -0.39 is 0 Å². The van der Waals surface area contributed by atoms with E-state index in [0.29, 0.717) is 16.6 Å². The zero-order valence-electron chi connectivity index (χ0n) is 16.4. The molecule has 29 heavy (non-hydrogen) atoms. The molecule has 0 saturated heterocycles. The third-order valence-electron chi connectivity index (χ3n) is 4.85. The third-order valence-corrected chi connectivity index (χ3v) is 5.61. The van der Waals surface area contributed by atoms with Crippen molar-refractivity contribution in [3.8, 4) is 22.4 Å². The first-order valence-electron chi connectivity index (χ1n) is 9.63. The normalized spacial score (nSPS) is 10.9. The third kappa shape index (κ3) is 4.44. The Kier molecular flexibility index (Phi) is 5.54. The van der Waals surface area contributed by atoms with Crippen molar-refractivity contribution in [2.75, 3.05) is 5.32 Å². The van der Waals surface area contributed by atoms with Crippen LogP contribution in [0.15, 0.2) is 84.2 Å². The van der Waals surface area contributed by atoms with Crippen molar-refractivity contribution in [3.05, 3.63) is 95.4 Å². The number of hydrogen-bond acceptors (Lipinski definition) is 3. The largest absolute Gasteiger partial charge is 0.298 e. The molecular weight excluding hydrogens is 376 g/mol. The molecule has 0 bridgehead atoms. The van der Waals surface area contributed by atoms with E-state index in [1.165, 1.54) is 16.9 Å². The maximum atomic E-state index is 12.6. The van der Waals surface area contributed by atoms with Gasteiger partial charge >= 0.3 is 0 Å². The molecule has 1 amide bonds. The molecule has 1 N–H and O–H groups in total. The number of aromatic nitrogens is 1. The molecule has 0 saturated carbocycles. The summed E-state index contributed by atoms with van der Waals surface area (Å²) in [5.41, 5.74) is 6.06. The van der Waals surface area contributed by atoms with E-state index in [1.54, 1.807) is 0 Å². The van der Waals surface area contributed by atoms with Crippen molar-refractivity contribution < 1.29 is 4.79 Å². The lowest BCUT2D eigenvalue weighted by Gasteiger charge is -2.06. The highest BCUT2D eigenvalue weighted by Crippen LogP contribution is 2.27. The second-order valence-electron chi connectivity index (χ2n) is 7.21. The lowest BCUT2D eigenvalue weighted by molar-refractivity contribution is 0.102. The topological polar surface area (TPSA) is 42.0 Å². The van der Waals surface area contributed by atoms with Gasteiger partial charge in [0.2, 0.25) is 0 Å². The second kappa shape index (κ2) is 8.41. The highest BCUT2D eigenvalue weighted by Gasteiger charge is 2.11. The van der Waals surface area contributed by atoms with E-state index >= 15 is 0 Å². The number of hydrogen-bond donors (Lipinski definition) is 1. The summed E-state index contributed by atoms with van der Waals surface area (Å²) in [7, 11) is 0. The van der Waals surface area contributed by atoms with Gasteiger partial charge < -0.3 is 0 Å². The first-order valence-corrected chi connectivity index (χ1v) is 10.5. The zero-order chi connectivity index (χ0) is 20.2. The highest BCUT2D eigenvalue weighted by molar-refractivity contribution is 7.14. The fourth-order valence-corrected chi connectivity index (χ4v) is 3.83. The van der Waals surface area contributed by atoms with Crippen LogP contribution in [0.1, 0.15) is 35.7 Å². The summed E-state index contributed by atoms with van der Waals surface area (Å²) in [4.78, 5) is 17.2. The number of carbonyl (C=O) groups excluding carboxylic acids is 1. The van der Waals surface area contributed by atoms with Crippen LogP contribution in [0, 0.1) is 0 Å². The summed E-state index contributed by atoms with van der Waals surface area (Å²) in [5, 5.41) is 5.48. The molecule has 0 atom stereocenters. The summed E-state index contributed by atoms with van der Waals surface area (Å²) in [5.74, 6) is 0.350. The van der Waals surface area contributed by atoms with Crippen LogP contribution < -0.4 is 5.32 Å². The molecule has 1 heterocycles. The number of amides is 1. The Morgan fingerprint density at radius 3 is 2.10 bits per heavy atom. The van der Waals surface area contributed by atoms with Crippen LogP contribution in [0.3, 0.4) is 0 Å². The maximum Gasteiger partial charge on any atom is 0.257 e. The van der Waals surface area contributed by atoms with Gasteiger partial charge in [-0.1, -0.05) is 80.6 Å². The standard InChI is InChI=1S/C25H22N2OS/c1-17(2)18-8-12-21(13-9-18)23-16-29-25(26-23)27-24(28)22-14-10-20(11-15-22)19-6-4-3-5-7-19/h3-17H,1-2H3,(H,26,27,28). The van der Waals surface area contributed by atoms with Crippen LogP contribution in [-0.4, -0.2) is 10.9 Å². The molecule has 4 aromatic rings. The zero-order valence-corrected chi connectivity index (χ0v) is 17.2. The monoisotopic (exact) mass is 398 g/mol. The van der Waals surface area contributed by atoms with Crippen LogP contribution in [0.5, 0.6) is 0 Å². The Morgan fingerprint density at radius 2 is 1.45 bits per heavy atom. The average Bonchev–Trinajstić information content (AvgIpc) is 3.23. The number of nitrogens with zero attached hydrogens (tertiary/aromatic N) is 1. The van der Waals surface area contributed by atoms with Gasteiger partial charge in [-0.15, -0.1) is 11.3 Å². The smallest absolute Gasteiger partial charge is 0.257 e. The average molecular weight is 399 g/mol. The fraction of sp³-hybridized carbons (Fsp3) is 0.120. The summed E-state index contributed by atoms with van der Waals surface area (Å²) in [6.07, 6.45) is 0. The van der Waals surface area contributed by atoms with Crippen molar-refractivity contribution in [1.29, 1.82) is 0 Å². The van der Waals surface area contributed by atoms with Gasteiger partial charge in [0.05, 0.1) is 5.69 Å². The second-order valence-corrected chi connectivity index (χ2v) is 8.07. The van der Waals surface area contributed by atoms with E-state index in [0.717, 1.165) is 22.4 Å². The highest BCUT2D eigenvalue weighted by atomic mass is 32.1. The number of nitrogens with one attached hydrogen (secondary N) is 1. The van der Waals surface area contributed by atoms with E-state index in [2.05, 4.69) is 60.5 Å². The Hall–Kier alpha value is -3.24. The Bertz CT molecular complexity index is 1100. The molecule has 0 aliphatic heterocycles. The summed E-state index contributed by atoms with van der Waals surface area (Å²) < 4.78 is 0. The summed E-state index contributed by atoms with van der Waals surface area (Å²) in [6.45, 7) is 4.36. The minimum atomic E-state index is -0.152. The molecule has 0 aliphatic rings. The number of benzene rings is 3. The Labute approximate surface area is 175 Å². The van der Waals surface area contributed by atoms with Gasteiger partial charge in [-0.2, -0.15) is 0 Å². The van der Waals surface area contributed by atoms with Crippen molar-refractivity contribution >= 4 is 22.4 Å². The lowest BCUT2D eigenvalue weighted by atomic mass is 10.0. The maximum absolute atomic E-state index is 12.6. The molecule has 3 aromatic carbocycles. The summed E-state index contributed by atoms with van der Waals surface area (Å²) >= 11 is 1.43. The fourth-order valence-electron chi connectivity index (χ4n) is 3.12. The predicted octanol–water partition coefficient (Wildman–Crippen LogP) is 6.85. The Morgan fingerprint density at radius 1 is 0.828 bits per heavy atom. The molecule has 0 spiro atoms. The molecule has 1 aromatic heterocycles. The quantitative estimate of drug-likeness (QED) is 0.399. The van der Waals surface area contributed by atoms with Crippen molar-refractivity contribution in [2.24, 2.45) is 0 Å². The molecular formula is C25H22N2OS. The van der Waals surface area contributed by atoms with Crippen LogP contribution in [0.25, 0.3) is 22.4 Å². The van der Waals surface area contributed by atoms with E-state index in [1.807, 2.05) is 47.8 Å². The van der Waals surface area contributed by atoms with E-state index in [4.69, 9.17) is 0 Å². The van der Waals surface area contributed by atoms with Gasteiger partial charge in [0, 0.05) is 16.5 Å². The van der Waals surface area contributed by atoms with Crippen molar-refractivity contribution in [2.45, 2.75) is 19.8 Å². The van der Waals surface area contributed by atoms with Gasteiger partial charge in [0.15, 0.2) is 5.13 Å². The molecule has 0 fully saturated rings. The molecule has 0 unspecified atom stereocenters. The lowest BCUT2D eigenvalue weighted by Crippen LogP contribution is -2.11. The first kappa shape index (κ1) is 19.1. The van der Waals surface area contributed by atoms with Crippen molar-refractivity contribution in [1.82, 2.24) is 4.98 Å². The Balaban J connectivity index is 1.45. The SMILES string of the molecule is CC(C)c1ccc(-c2csc(NC(=O)c3ccc(-c4ccccc4)cc3)n2)cc1. The first-order chi connectivity index (χ1) is 14.1. The van der Waals surface area contributed by atoms with Gasteiger partial charge in [-0.05, 0) is 34.7 Å². The number of anilines is 1. The minimum Gasteiger partial charge on any atom is -0.298 e. The number of rotatable bonds is 5. The molecule has 4 heteroatoms.